The molecule has 0 saturated carbocycles. The highest BCUT2D eigenvalue weighted by molar-refractivity contribution is 5.78. The van der Waals surface area contributed by atoms with E-state index < -0.39 is 0 Å². The van der Waals surface area contributed by atoms with Crippen molar-refractivity contribution >= 4 is 5.91 Å². The van der Waals surface area contributed by atoms with Crippen molar-refractivity contribution in [2.75, 3.05) is 20.8 Å². The van der Waals surface area contributed by atoms with E-state index in [4.69, 9.17) is 18.7 Å². The van der Waals surface area contributed by atoms with E-state index in [1.54, 1.807) is 32.4 Å². The molecule has 1 N–H and O–H groups in total. The van der Waals surface area contributed by atoms with Crippen LogP contribution in [0.5, 0.6) is 17.2 Å². The van der Waals surface area contributed by atoms with Gasteiger partial charge in [-0.15, -0.1) is 0 Å². The van der Waals surface area contributed by atoms with Crippen molar-refractivity contribution in [3.05, 3.63) is 78.4 Å². The first-order valence-electron chi connectivity index (χ1n) is 10.7. The molecule has 0 aliphatic heterocycles. The Morgan fingerprint density at radius 3 is 2.38 bits per heavy atom. The molecule has 0 fully saturated rings. The molecule has 0 radical (unpaired) electrons. The lowest BCUT2D eigenvalue weighted by molar-refractivity contribution is -0.123. The molecule has 1 atom stereocenters. The topological polar surface area (TPSA) is 95.7 Å². The van der Waals surface area contributed by atoms with Crippen LogP contribution in [0.2, 0.25) is 0 Å². The Morgan fingerprint density at radius 2 is 1.68 bits per heavy atom. The molecule has 8 heteroatoms. The van der Waals surface area contributed by atoms with Crippen molar-refractivity contribution in [3.8, 4) is 40.1 Å². The Bertz CT molecular complexity index is 1240. The summed E-state index contributed by atoms with van der Waals surface area (Å²) in [4.78, 5) is 16.8. The summed E-state index contributed by atoms with van der Waals surface area (Å²) in [6.45, 7) is 1.78. The van der Waals surface area contributed by atoms with E-state index in [0.29, 0.717) is 29.0 Å². The van der Waals surface area contributed by atoms with Crippen LogP contribution in [-0.4, -0.2) is 36.9 Å². The number of rotatable bonds is 9. The van der Waals surface area contributed by atoms with Gasteiger partial charge < -0.3 is 24.1 Å². The molecule has 1 amide bonds. The Hall–Kier alpha value is -4.33. The summed E-state index contributed by atoms with van der Waals surface area (Å²) in [6.07, 6.45) is 0. The average Bonchev–Trinajstić information content (AvgIpc) is 3.38. The van der Waals surface area contributed by atoms with E-state index in [2.05, 4.69) is 15.5 Å². The normalized spacial score (nSPS) is 11.5. The molecule has 4 rings (SSSR count). The smallest absolute Gasteiger partial charge is 0.258 e. The molecule has 0 unspecified atom stereocenters. The lowest BCUT2D eigenvalue weighted by Gasteiger charge is -2.17. The third-order valence-corrected chi connectivity index (χ3v) is 5.21. The van der Waals surface area contributed by atoms with Crippen molar-refractivity contribution in [1.82, 2.24) is 15.5 Å². The summed E-state index contributed by atoms with van der Waals surface area (Å²) in [5, 5.41) is 6.95. The van der Waals surface area contributed by atoms with Gasteiger partial charge in [0.1, 0.15) is 5.75 Å². The van der Waals surface area contributed by atoms with Crippen LogP contribution in [0.1, 0.15) is 18.5 Å². The third-order valence-electron chi connectivity index (χ3n) is 5.21. The van der Waals surface area contributed by atoms with Crippen LogP contribution in [0.3, 0.4) is 0 Å². The molecule has 3 aromatic carbocycles. The van der Waals surface area contributed by atoms with Gasteiger partial charge in [-0.1, -0.05) is 41.6 Å². The first-order chi connectivity index (χ1) is 16.6. The fourth-order valence-electron chi connectivity index (χ4n) is 3.38. The maximum absolute atomic E-state index is 12.4. The van der Waals surface area contributed by atoms with Crippen molar-refractivity contribution in [3.63, 3.8) is 0 Å². The van der Waals surface area contributed by atoms with Gasteiger partial charge in [0, 0.05) is 11.1 Å². The van der Waals surface area contributed by atoms with Crippen molar-refractivity contribution in [2.24, 2.45) is 0 Å². The standard InChI is InChI=1S/C26H25N3O5/c1-17(20-11-14-22(31-2)23(15-20)32-3)27-24(30)16-33-21-12-9-19(10-13-21)26-28-25(29-34-26)18-7-5-4-6-8-18/h4-15,17H,16H2,1-3H3,(H,27,30)/t17-/m1/s1. The number of nitrogens with one attached hydrogen (secondary N) is 1. The molecule has 174 valence electrons. The average molecular weight is 460 g/mol. The number of carbonyl (C=O) groups excluding carboxylic acids is 1. The number of nitrogens with zero attached hydrogens (tertiary/aromatic N) is 2. The molecule has 0 bridgehead atoms. The van der Waals surface area contributed by atoms with E-state index in [0.717, 1.165) is 16.7 Å². The van der Waals surface area contributed by atoms with Crippen LogP contribution < -0.4 is 19.5 Å². The molecule has 0 saturated heterocycles. The molecule has 1 heterocycles. The lowest BCUT2D eigenvalue weighted by atomic mass is 10.1. The molecule has 8 nitrogen and oxygen atoms in total. The van der Waals surface area contributed by atoms with E-state index >= 15 is 0 Å². The van der Waals surface area contributed by atoms with Gasteiger partial charge in [0.05, 0.1) is 20.3 Å². The summed E-state index contributed by atoms with van der Waals surface area (Å²) in [7, 11) is 3.15. The number of benzene rings is 3. The number of carbonyl (C=O) groups is 1. The van der Waals surface area contributed by atoms with E-state index in [9.17, 15) is 4.79 Å². The quantitative estimate of drug-likeness (QED) is 0.388. The fraction of sp³-hybridized carbons (Fsp3) is 0.192. The fourth-order valence-corrected chi connectivity index (χ4v) is 3.38. The zero-order valence-corrected chi connectivity index (χ0v) is 19.1. The van der Waals surface area contributed by atoms with Crippen LogP contribution in [-0.2, 0) is 4.79 Å². The number of hydrogen-bond acceptors (Lipinski definition) is 7. The van der Waals surface area contributed by atoms with Crippen LogP contribution in [0.4, 0.5) is 0 Å². The molecule has 0 spiro atoms. The number of ether oxygens (including phenoxy) is 3. The van der Waals surface area contributed by atoms with Crippen molar-refractivity contribution < 1.29 is 23.5 Å². The first kappa shape index (κ1) is 22.8. The van der Waals surface area contributed by atoms with Gasteiger partial charge in [0.25, 0.3) is 11.8 Å². The van der Waals surface area contributed by atoms with Gasteiger partial charge in [0.15, 0.2) is 18.1 Å². The molecular weight excluding hydrogens is 434 g/mol. The van der Waals surface area contributed by atoms with E-state index in [1.807, 2.05) is 61.5 Å². The monoisotopic (exact) mass is 459 g/mol. The summed E-state index contributed by atoms with van der Waals surface area (Å²) in [5.74, 6) is 2.49. The minimum Gasteiger partial charge on any atom is -0.493 e. The van der Waals surface area contributed by atoms with Gasteiger partial charge in [0.2, 0.25) is 5.82 Å². The predicted molar refractivity (Wildman–Crippen MR) is 127 cm³/mol. The van der Waals surface area contributed by atoms with E-state index in [-0.39, 0.29) is 18.6 Å². The summed E-state index contributed by atoms with van der Waals surface area (Å²) < 4.78 is 21.6. The highest BCUT2D eigenvalue weighted by Crippen LogP contribution is 2.30. The van der Waals surface area contributed by atoms with Crippen LogP contribution in [0.15, 0.2) is 77.3 Å². The number of amides is 1. The van der Waals surface area contributed by atoms with E-state index in [1.165, 1.54) is 0 Å². The molecule has 0 aliphatic carbocycles. The van der Waals surface area contributed by atoms with Crippen LogP contribution in [0.25, 0.3) is 22.8 Å². The Kier molecular flexibility index (Phi) is 7.07. The largest absolute Gasteiger partial charge is 0.493 e. The molecule has 0 aliphatic rings. The minimum atomic E-state index is -0.240. The SMILES string of the molecule is COc1ccc([C@@H](C)NC(=O)COc2ccc(-c3nc(-c4ccccc4)no3)cc2)cc1OC. The highest BCUT2D eigenvalue weighted by Gasteiger charge is 2.14. The molecular formula is C26H25N3O5. The Balaban J connectivity index is 1.32. The summed E-state index contributed by atoms with van der Waals surface area (Å²) in [6, 6.07) is 22.0. The third kappa shape index (κ3) is 5.35. The number of hydrogen-bond donors (Lipinski definition) is 1. The van der Waals surface area contributed by atoms with Crippen LogP contribution in [0, 0.1) is 0 Å². The van der Waals surface area contributed by atoms with Crippen molar-refractivity contribution in [1.29, 1.82) is 0 Å². The Labute approximate surface area is 197 Å². The number of aromatic nitrogens is 2. The highest BCUT2D eigenvalue weighted by atomic mass is 16.5. The number of methoxy groups -OCH3 is 2. The molecule has 34 heavy (non-hydrogen) atoms. The second-order valence-corrected chi connectivity index (χ2v) is 7.51. The molecule has 4 aromatic rings. The minimum absolute atomic E-state index is 0.115. The predicted octanol–water partition coefficient (Wildman–Crippen LogP) is 4.68. The van der Waals surface area contributed by atoms with Gasteiger partial charge in [-0.25, -0.2) is 0 Å². The molecule has 1 aromatic heterocycles. The zero-order chi connectivity index (χ0) is 23.9. The summed E-state index contributed by atoms with van der Waals surface area (Å²) >= 11 is 0. The zero-order valence-electron chi connectivity index (χ0n) is 19.1. The van der Waals surface area contributed by atoms with Gasteiger partial charge in [-0.3, -0.25) is 4.79 Å². The van der Waals surface area contributed by atoms with Gasteiger partial charge in [-0.2, -0.15) is 4.98 Å². The lowest BCUT2D eigenvalue weighted by Crippen LogP contribution is -2.31. The van der Waals surface area contributed by atoms with Crippen molar-refractivity contribution in [2.45, 2.75) is 13.0 Å². The first-order valence-corrected chi connectivity index (χ1v) is 10.7. The Morgan fingerprint density at radius 1 is 0.941 bits per heavy atom. The van der Waals surface area contributed by atoms with Gasteiger partial charge >= 0.3 is 0 Å². The second-order valence-electron chi connectivity index (χ2n) is 7.51. The maximum atomic E-state index is 12.4. The van der Waals surface area contributed by atoms with Gasteiger partial charge in [-0.05, 0) is 48.9 Å². The summed E-state index contributed by atoms with van der Waals surface area (Å²) in [5.41, 5.74) is 2.53. The van der Waals surface area contributed by atoms with Crippen LogP contribution >= 0.6 is 0 Å². The maximum Gasteiger partial charge on any atom is 0.258 e. The second kappa shape index (κ2) is 10.5.